The maximum Gasteiger partial charge on any atom is 0.240 e. The molecule has 0 aliphatic carbocycles. The number of benzene rings is 3. The standard InChI is InChI=1S/C27H27Br2N3O4/c1-3-35-24-15-20(14-23(29)27(24)36-17-19-6-8-21(28)9-7-19)16-30-32-26(34)13-12-25(33)31-22-10-4-18(2)5-11-22/h4-11,14-16H,3,12-13,17H2,1-2H3,(H,31,33)(H,32,34). The van der Waals surface area contributed by atoms with E-state index in [1.165, 1.54) is 6.21 Å². The van der Waals surface area contributed by atoms with Crippen LogP contribution in [0.4, 0.5) is 5.69 Å². The third-order valence-corrected chi connectivity index (χ3v) is 6.06. The molecule has 36 heavy (non-hydrogen) atoms. The summed E-state index contributed by atoms with van der Waals surface area (Å²) in [7, 11) is 0. The molecule has 0 radical (unpaired) electrons. The van der Waals surface area contributed by atoms with E-state index in [4.69, 9.17) is 9.47 Å². The van der Waals surface area contributed by atoms with Gasteiger partial charge >= 0.3 is 0 Å². The molecule has 2 amide bonds. The minimum absolute atomic E-state index is 0.0196. The molecule has 0 unspecified atom stereocenters. The SMILES string of the molecule is CCOc1cc(C=NNC(=O)CCC(=O)Nc2ccc(C)cc2)cc(Br)c1OCc1ccc(Br)cc1. The minimum atomic E-state index is -0.358. The van der Waals surface area contributed by atoms with Crippen LogP contribution in [-0.4, -0.2) is 24.6 Å². The number of carbonyl (C=O) groups is 2. The number of nitrogens with zero attached hydrogens (tertiary/aromatic N) is 1. The fourth-order valence-electron chi connectivity index (χ4n) is 3.12. The average molecular weight is 617 g/mol. The van der Waals surface area contributed by atoms with Crippen LogP contribution in [0.25, 0.3) is 0 Å². The molecular formula is C27H27Br2N3O4. The second kappa shape index (κ2) is 13.8. The van der Waals surface area contributed by atoms with Crippen LogP contribution in [0.1, 0.15) is 36.5 Å². The molecule has 0 saturated carbocycles. The highest BCUT2D eigenvalue weighted by Crippen LogP contribution is 2.37. The van der Waals surface area contributed by atoms with E-state index in [1.54, 1.807) is 6.07 Å². The average Bonchev–Trinajstić information content (AvgIpc) is 2.85. The second-order valence-corrected chi connectivity index (χ2v) is 9.66. The molecule has 0 atom stereocenters. The maximum absolute atomic E-state index is 12.1. The Bertz CT molecular complexity index is 1210. The first-order valence-electron chi connectivity index (χ1n) is 11.4. The zero-order valence-corrected chi connectivity index (χ0v) is 23.2. The van der Waals surface area contributed by atoms with Gasteiger partial charge in [-0.15, -0.1) is 0 Å². The molecule has 2 N–H and O–H groups in total. The van der Waals surface area contributed by atoms with Crippen molar-refractivity contribution in [2.75, 3.05) is 11.9 Å². The van der Waals surface area contributed by atoms with Gasteiger partial charge in [-0.25, -0.2) is 5.43 Å². The first kappa shape index (κ1) is 27.4. The van der Waals surface area contributed by atoms with Crippen LogP contribution in [0.2, 0.25) is 0 Å². The number of halogens is 2. The molecule has 3 rings (SSSR count). The van der Waals surface area contributed by atoms with Gasteiger partial charge in [0.1, 0.15) is 6.61 Å². The summed E-state index contributed by atoms with van der Waals surface area (Å²) in [5.41, 5.74) is 5.99. The minimum Gasteiger partial charge on any atom is -0.490 e. The van der Waals surface area contributed by atoms with Crippen molar-refractivity contribution < 1.29 is 19.1 Å². The largest absolute Gasteiger partial charge is 0.490 e. The van der Waals surface area contributed by atoms with Crippen molar-refractivity contribution in [1.29, 1.82) is 0 Å². The molecule has 0 aromatic heterocycles. The third kappa shape index (κ3) is 8.80. The predicted molar refractivity (Wildman–Crippen MR) is 149 cm³/mol. The van der Waals surface area contributed by atoms with E-state index in [9.17, 15) is 9.59 Å². The highest BCUT2D eigenvalue weighted by atomic mass is 79.9. The molecule has 0 spiro atoms. The van der Waals surface area contributed by atoms with E-state index in [1.807, 2.05) is 68.4 Å². The molecule has 3 aromatic carbocycles. The quantitative estimate of drug-likeness (QED) is 0.194. The Morgan fingerprint density at radius 1 is 0.944 bits per heavy atom. The van der Waals surface area contributed by atoms with E-state index in [-0.39, 0.29) is 24.7 Å². The number of rotatable bonds is 11. The van der Waals surface area contributed by atoms with Crippen molar-refractivity contribution in [1.82, 2.24) is 5.43 Å². The lowest BCUT2D eigenvalue weighted by atomic mass is 10.2. The van der Waals surface area contributed by atoms with Crippen molar-refractivity contribution in [2.45, 2.75) is 33.3 Å². The molecule has 0 bridgehead atoms. The summed E-state index contributed by atoms with van der Waals surface area (Å²) in [4.78, 5) is 24.2. The Labute approximate surface area is 227 Å². The second-order valence-electron chi connectivity index (χ2n) is 7.89. The van der Waals surface area contributed by atoms with Crippen LogP contribution in [0.15, 0.2) is 74.7 Å². The highest BCUT2D eigenvalue weighted by Gasteiger charge is 2.13. The number of carbonyl (C=O) groups excluding carboxylic acids is 2. The van der Waals surface area contributed by atoms with E-state index in [0.717, 1.165) is 15.6 Å². The Morgan fingerprint density at radius 3 is 2.33 bits per heavy atom. The number of hydrazone groups is 1. The summed E-state index contributed by atoms with van der Waals surface area (Å²) in [5.74, 6) is 0.552. The molecule has 7 nitrogen and oxygen atoms in total. The van der Waals surface area contributed by atoms with Crippen molar-refractivity contribution >= 4 is 55.6 Å². The smallest absolute Gasteiger partial charge is 0.240 e. The number of nitrogens with one attached hydrogen (secondary N) is 2. The van der Waals surface area contributed by atoms with Gasteiger partial charge < -0.3 is 14.8 Å². The lowest BCUT2D eigenvalue weighted by Crippen LogP contribution is -2.20. The maximum atomic E-state index is 12.1. The summed E-state index contributed by atoms with van der Waals surface area (Å²) < 4.78 is 13.5. The molecule has 0 aliphatic rings. The summed E-state index contributed by atoms with van der Waals surface area (Å²) in [6.45, 7) is 4.71. The van der Waals surface area contributed by atoms with Gasteiger partial charge in [0.25, 0.3) is 0 Å². The number of ether oxygens (including phenoxy) is 2. The fourth-order valence-corrected chi connectivity index (χ4v) is 3.96. The van der Waals surface area contributed by atoms with Crippen molar-refractivity contribution in [3.8, 4) is 11.5 Å². The molecule has 0 heterocycles. The lowest BCUT2D eigenvalue weighted by molar-refractivity contribution is -0.124. The zero-order chi connectivity index (χ0) is 25.9. The first-order valence-corrected chi connectivity index (χ1v) is 12.9. The van der Waals surface area contributed by atoms with Crippen LogP contribution in [-0.2, 0) is 16.2 Å². The van der Waals surface area contributed by atoms with E-state index < -0.39 is 0 Å². The van der Waals surface area contributed by atoms with Gasteiger partial charge in [0.2, 0.25) is 11.8 Å². The van der Waals surface area contributed by atoms with Gasteiger partial charge in [-0.3, -0.25) is 9.59 Å². The van der Waals surface area contributed by atoms with Crippen LogP contribution >= 0.6 is 31.9 Å². The topological polar surface area (TPSA) is 89.0 Å². The number of anilines is 1. The van der Waals surface area contributed by atoms with E-state index in [0.29, 0.717) is 40.4 Å². The number of amides is 2. The van der Waals surface area contributed by atoms with Crippen LogP contribution in [0, 0.1) is 6.92 Å². The molecule has 188 valence electrons. The Morgan fingerprint density at radius 2 is 1.64 bits per heavy atom. The van der Waals surface area contributed by atoms with Crippen LogP contribution in [0.3, 0.4) is 0 Å². The molecule has 0 aliphatic heterocycles. The number of hydrogen-bond donors (Lipinski definition) is 2. The summed E-state index contributed by atoms with van der Waals surface area (Å²) in [6, 6.07) is 19.0. The summed E-state index contributed by atoms with van der Waals surface area (Å²) >= 11 is 6.97. The summed E-state index contributed by atoms with van der Waals surface area (Å²) in [5, 5.41) is 6.78. The lowest BCUT2D eigenvalue weighted by Gasteiger charge is -2.14. The highest BCUT2D eigenvalue weighted by molar-refractivity contribution is 9.10. The number of aryl methyl sites for hydroxylation is 1. The van der Waals surface area contributed by atoms with Gasteiger partial charge in [-0.05, 0) is 77.3 Å². The molecule has 3 aromatic rings. The summed E-state index contributed by atoms with van der Waals surface area (Å²) in [6.07, 6.45) is 1.58. The van der Waals surface area contributed by atoms with Gasteiger partial charge in [-0.2, -0.15) is 5.10 Å². The van der Waals surface area contributed by atoms with Gasteiger partial charge in [0, 0.05) is 23.0 Å². The van der Waals surface area contributed by atoms with E-state index >= 15 is 0 Å². The Kier molecular flexibility index (Phi) is 10.5. The van der Waals surface area contributed by atoms with Crippen molar-refractivity contribution in [3.05, 3.63) is 86.3 Å². The molecule has 9 heteroatoms. The van der Waals surface area contributed by atoms with Crippen molar-refractivity contribution in [2.24, 2.45) is 5.10 Å². The van der Waals surface area contributed by atoms with E-state index in [2.05, 4.69) is 47.7 Å². The van der Waals surface area contributed by atoms with Crippen LogP contribution < -0.4 is 20.2 Å². The molecule has 0 saturated heterocycles. The first-order chi connectivity index (χ1) is 17.3. The normalized spacial score (nSPS) is 10.8. The Balaban J connectivity index is 1.53. The monoisotopic (exact) mass is 615 g/mol. The third-order valence-electron chi connectivity index (χ3n) is 4.95. The van der Waals surface area contributed by atoms with Crippen LogP contribution in [0.5, 0.6) is 11.5 Å². The number of hydrogen-bond acceptors (Lipinski definition) is 5. The molecule has 0 fully saturated rings. The fraction of sp³-hybridized carbons (Fsp3) is 0.222. The van der Waals surface area contributed by atoms with Gasteiger partial charge in [0.15, 0.2) is 11.5 Å². The van der Waals surface area contributed by atoms with Gasteiger partial charge in [0.05, 0.1) is 17.3 Å². The predicted octanol–water partition coefficient (Wildman–Crippen LogP) is 6.37. The van der Waals surface area contributed by atoms with Gasteiger partial charge in [-0.1, -0.05) is 45.8 Å². The molecular weight excluding hydrogens is 590 g/mol. The Hall–Kier alpha value is -3.17. The van der Waals surface area contributed by atoms with Crippen molar-refractivity contribution in [3.63, 3.8) is 0 Å². The zero-order valence-electron chi connectivity index (χ0n) is 20.0.